The lowest BCUT2D eigenvalue weighted by molar-refractivity contribution is -0.139. The lowest BCUT2D eigenvalue weighted by Gasteiger charge is -2.33. The van der Waals surface area contributed by atoms with Crippen LogP contribution in [-0.2, 0) is 14.3 Å². The molecule has 2 rings (SSSR count). The lowest BCUT2D eigenvalue weighted by atomic mass is 9.95. The molecule has 20 heavy (non-hydrogen) atoms. The summed E-state index contributed by atoms with van der Waals surface area (Å²) >= 11 is 0. The van der Waals surface area contributed by atoms with Crippen molar-refractivity contribution >= 4 is 24.2 Å². The highest BCUT2D eigenvalue weighted by molar-refractivity contribution is 5.85. The summed E-state index contributed by atoms with van der Waals surface area (Å²) in [5, 5.41) is 2.80. The van der Waals surface area contributed by atoms with E-state index in [-0.39, 0.29) is 36.1 Å². The molecule has 2 saturated heterocycles. The minimum Gasteiger partial charge on any atom is -0.381 e. The third kappa shape index (κ3) is 4.33. The van der Waals surface area contributed by atoms with E-state index >= 15 is 0 Å². The van der Waals surface area contributed by atoms with Crippen molar-refractivity contribution in [1.82, 2.24) is 10.2 Å². The first-order valence-electron chi connectivity index (χ1n) is 7.06. The normalized spacial score (nSPS) is 25.9. The standard InChI is InChI=1S/C13H23N3O3.ClH/c14-4-5-15-12(17)10-2-1-6-16(8-10)13(18)11-3-7-19-9-11;/h10-11H,1-9,14H2,(H,15,17);1H. The fraction of sp³-hybridized carbons (Fsp3) is 0.846. The molecule has 2 unspecified atom stereocenters. The molecule has 7 heteroatoms. The van der Waals surface area contributed by atoms with Crippen LogP contribution in [-0.4, -0.2) is 56.1 Å². The van der Waals surface area contributed by atoms with Gasteiger partial charge in [0.2, 0.25) is 11.8 Å². The Morgan fingerprint density at radius 1 is 1.30 bits per heavy atom. The minimum atomic E-state index is -0.0911. The zero-order valence-electron chi connectivity index (χ0n) is 11.7. The number of halogens is 1. The summed E-state index contributed by atoms with van der Waals surface area (Å²) in [6, 6.07) is 0. The number of nitrogens with zero attached hydrogens (tertiary/aromatic N) is 1. The summed E-state index contributed by atoms with van der Waals surface area (Å²) in [5.41, 5.74) is 5.37. The number of hydrogen-bond donors (Lipinski definition) is 2. The van der Waals surface area contributed by atoms with E-state index in [2.05, 4.69) is 5.32 Å². The van der Waals surface area contributed by atoms with Crippen molar-refractivity contribution in [2.45, 2.75) is 19.3 Å². The Balaban J connectivity index is 0.00000200. The van der Waals surface area contributed by atoms with E-state index in [1.54, 1.807) is 0 Å². The average molecular weight is 306 g/mol. The predicted molar refractivity (Wildman–Crippen MR) is 77.5 cm³/mol. The second-order valence-corrected chi connectivity index (χ2v) is 5.26. The van der Waals surface area contributed by atoms with Gasteiger partial charge in [0, 0.05) is 32.8 Å². The Morgan fingerprint density at radius 2 is 2.10 bits per heavy atom. The molecule has 2 fully saturated rings. The highest BCUT2D eigenvalue weighted by Gasteiger charge is 2.33. The molecule has 0 aliphatic carbocycles. The first-order chi connectivity index (χ1) is 9.22. The lowest BCUT2D eigenvalue weighted by Crippen LogP contribution is -2.47. The van der Waals surface area contributed by atoms with Crippen LogP contribution in [0.25, 0.3) is 0 Å². The topological polar surface area (TPSA) is 84.7 Å². The quantitative estimate of drug-likeness (QED) is 0.751. The summed E-state index contributed by atoms with van der Waals surface area (Å²) in [4.78, 5) is 26.0. The van der Waals surface area contributed by atoms with Crippen LogP contribution in [0.5, 0.6) is 0 Å². The number of nitrogens with one attached hydrogen (secondary N) is 1. The number of nitrogens with two attached hydrogens (primary N) is 1. The van der Waals surface area contributed by atoms with E-state index in [0.717, 1.165) is 25.8 Å². The Labute approximate surface area is 125 Å². The van der Waals surface area contributed by atoms with Crippen molar-refractivity contribution < 1.29 is 14.3 Å². The van der Waals surface area contributed by atoms with Gasteiger partial charge < -0.3 is 20.7 Å². The molecule has 0 aromatic rings. The average Bonchev–Trinajstić information content (AvgIpc) is 2.98. The number of carbonyl (C=O) groups excluding carboxylic acids is 2. The van der Waals surface area contributed by atoms with Gasteiger partial charge in [0.25, 0.3) is 0 Å². The van der Waals surface area contributed by atoms with Gasteiger partial charge in [-0.05, 0) is 19.3 Å². The SMILES string of the molecule is Cl.NCCNC(=O)C1CCCN(C(=O)C2CCOC2)C1. The Bertz CT molecular complexity index is 335. The highest BCUT2D eigenvalue weighted by atomic mass is 35.5. The molecular formula is C13H24ClN3O3. The van der Waals surface area contributed by atoms with Crippen LogP contribution >= 0.6 is 12.4 Å². The van der Waals surface area contributed by atoms with Crippen molar-refractivity contribution in [3.8, 4) is 0 Å². The van der Waals surface area contributed by atoms with Crippen LogP contribution in [0, 0.1) is 11.8 Å². The molecule has 0 spiro atoms. The van der Waals surface area contributed by atoms with Gasteiger partial charge in [-0.3, -0.25) is 9.59 Å². The summed E-state index contributed by atoms with van der Waals surface area (Å²) in [5.74, 6) is 0.0665. The first-order valence-corrected chi connectivity index (χ1v) is 7.06. The smallest absolute Gasteiger partial charge is 0.228 e. The molecular weight excluding hydrogens is 282 g/mol. The molecule has 6 nitrogen and oxygen atoms in total. The zero-order valence-corrected chi connectivity index (χ0v) is 12.5. The van der Waals surface area contributed by atoms with Crippen LogP contribution in [0.4, 0.5) is 0 Å². The van der Waals surface area contributed by atoms with Crippen molar-refractivity contribution in [3.63, 3.8) is 0 Å². The van der Waals surface area contributed by atoms with E-state index < -0.39 is 0 Å². The number of ether oxygens (including phenoxy) is 1. The summed E-state index contributed by atoms with van der Waals surface area (Å²) in [6.07, 6.45) is 2.54. The van der Waals surface area contributed by atoms with Crippen LogP contribution < -0.4 is 11.1 Å². The van der Waals surface area contributed by atoms with Crippen LogP contribution in [0.15, 0.2) is 0 Å². The maximum atomic E-state index is 12.3. The van der Waals surface area contributed by atoms with Crippen LogP contribution in [0.2, 0.25) is 0 Å². The second-order valence-electron chi connectivity index (χ2n) is 5.26. The van der Waals surface area contributed by atoms with E-state index in [4.69, 9.17) is 10.5 Å². The summed E-state index contributed by atoms with van der Waals surface area (Å²) in [7, 11) is 0. The van der Waals surface area contributed by atoms with Crippen molar-refractivity contribution in [3.05, 3.63) is 0 Å². The summed E-state index contributed by atoms with van der Waals surface area (Å²) in [6.45, 7) is 3.44. The van der Waals surface area contributed by atoms with Crippen LogP contribution in [0.1, 0.15) is 19.3 Å². The molecule has 0 radical (unpaired) electrons. The number of piperidine rings is 1. The number of rotatable bonds is 4. The fourth-order valence-corrected chi connectivity index (χ4v) is 2.72. The van der Waals surface area contributed by atoms with Gasteiger partial charge in [-0.25, -0.2) is 0 Å². The molecule has 2 amide bonds. The van der Waals surface area contributed by atoms with E-state index in [9.17, 15) is 9.59 Å². The van der Waals surface area contributed by atoms with E-state index in [1.165, 1.54) is 0 Å². The molecule has 0 saturated carbocycles. The zero-order chi connectivity index (χ0) is 13.7. The molecule has 116 valence electrons. The van der Waals surface area contributed by atoms with Gasteiger partial charge in [0.1, 0.15) is 0 Å². The maximum Gasteiger partial charge on any atom is 0.228 e. The molecule has 0 aromatic carbocycles. The second kappa shape index (κ2) is 8.44. The third-order valence-electron chi connectivity index (χ3n) is 3.83. The van der Waals surface area contributed by atoms with Crippen molar-refractivity contribution in [2.24, 2.45) is 17.6 Å². The van der Waals surface area contributed by atoms with Gasteiger partial charge in [-0.2, -0.15) is 0 Å². The Kier molecular flexibility index (Phi) is 7.26. The van der Waals surface area contributed by atoms with E-state index in [0.29, 0.717) is 32.8 Å². The molecule has 2 atom stereocenters. The first kappa shape index (κ1) is 17.2. The molecule has 3 N–H and O–H groups in total. The maximum absolute atomic E-state index is 12.3. The molecule has 0 aromatic heterocycles. The minimum absolute atomic E-state index is 0. The number of hydrogen-bond acceptors (Lipinski definition) is 4. The number of carbonyl (C=O) groups is 2. The van der Waals surface area contributed by atoms with Gasteiger partial charge in [0.05, 0.1) is 18.4 Å². The number of amides is 2. The van der Waals surface area contributed by atoms with Crippen LogP contribution in [0.3, 0.4) is 0 Å². The monoisotopic (exact) mass is 305 g/mol. The van der Waals surface area contributed by atoms with Gasteiger partial charge >= 0.3 is 0 Å². The Hall–Kier alpha value is -0.850. The largest absolute Gasteiger partial charge is 0.381 e. The van der Waals surface area contributed by atoms with Crippen molar-refractivity contribution in [2.75, 3.05) is 39.4 Å². The molecule has 2 aliphatic rings. The summed E-state index contributed by atoms with van der Waals surface area (Å²) < 4.78 is 5.26. The molecule has 0 bridgehead atoms. The predicted octanol–water partition coefficient (Wildman–Crippen LogP) is -0.242. The van der Waals surface area contributed by atoms with E-state index in [1.807, 2.05) is 4.90 Å². The Morgan fingerprint density at radius 3 is 2.75 bits per heavy atom. The van der Waals surface area contributed by atoms with Crippen molar-refractivity contribution in [1.29, 1.82) is 0 Å². The molecule has 2 aliphatic heterocycles. The number of likely N-dealkylation sites (tertiary alicyclic amines) is 1. The third-order valence-corrected chi connectivity index (χ3v) is 3.83. The molecule has 2 heterocycles. The van der Waals surface area contributed by atoms with Gasteiger partial charge in [-0.15, -0.1) is 12.4 Å². The highest BCUT2D eigenvalue weighted by Crippen LogP contribution is 2.21. The van der Waals surface area contributed by atoms with Gasteiger partial charge in [-0.1, -0.05) is 0 Å². The van der Waals surface area contributed by atoms with Gasteiger partial charge in [0.15, 0.2) is 0 Å². The fourth-order valence-electron chi connectivity index (χ4n) is 2.72.